The van der Waals surface area contributed by atoms with Gasteiger partial charge in [-0.2, -0.15) is 0 Å². The molecule has 0 aliphatic heterocycles. The smallest absolute Gasteiger partial charge is 0.250 e. The molecule has 6 heteroatoms. The molecule has 0 aliphatic carbocycles. The van der Waals surface area contributed by atoms with Crippen LogP contribution < -0.4 is 5.32 Å². The number of carbonyl (C=O) groups is 1. The van der Waals surface area contributed by atoms with Gasteiger partial charge in [0.15, 0.2) is 5.82 Å². The van der Waals surface area contributed by atoms with Crippen LogP contribution in [0.3, 0.4) is 0 Å². The van der Waals surface area contributed by atoms with Crippen molar-refractivity contribution in [1.82, 2.24) is 0 Å². The first kappa shape index (κ1) is 13.1. The van der Waals surface area contributed by atoms with Crippen molar-refractivity contribution in [1.29, 1.82) is 0 Å². The lowest BCUT2D eigenvalue weighted by molar-refractivity contribution is -0.120. The minimum atomic E-state index is -0.836. The standard InChI is InChI=1S/C10H10BrF2NO2/c1-2-16-5-9(15)14-10-7(11)3-6(12)4-8(10)13/h3-4H,2,5H2,1H3,(H,14,15). The Morgan fingerprint density at radius 1 is 1.50 bits per heavy atom. The Kier molecular flexibility index (Phi) is 4.82. The van der Waals surface area contributed by atoms with Crippen molar-refractivity contribution < 1.29 is 18.3 Å². The van der Waals surface area contributed by atoms with Crippen LogP contribution in [0.5, 0.6) is 0 Å². The van der Waals surface area contributed by atoms with E-state index in [4.69, 9.17) is 4.74 Å². The minimum Gasteiger partial charge on any atom is -0.372 e. The number of hydrogen-bond donors (Lipinski definition) is 1. The van der Waals surface area contributed by atoms with Crippen molar-refractivity contribution in [2.24, 2.45) is 0 Å². The third kappa shape index (κ3) is 3.53. The zero-order valence-corrected chi connectivity index (χ0v) is 10.1. The van der Waals surface area contributed by atoms with Crippen LogP contribution in [0.25, 0.3) is 0 Å². The van der Waals surface area contributed by atoms with Gasteiger partial charge in [-0.3, -0.25) is 4.79 Å². The van der Waals surface area contributed by atoms with Crippen LogP contribution in [0.2, 0.25) is 0 Å². The van der Waals surface area contributed by atoms with Crippen molar-refractivity contribution in [3.8, 4) is 0 Å². The number of carbonyl (C=O) groups excluding carboxylic acids is 1. The summed E-state index contributed by atoms with van der Waals surface area (Å²) in [5, 5.41) is 2.29. The summed E-state index contributed by atoms with van der Waals surface area (Å²) in [6.45, 7) is 1.96. The Morgan fingerprint density at radius 2 is 2.19 bits per heavy atom. The van der Waals surface area contributed by atoms with Gasteiger partial charge < -0.3 is 10.1 Å². The molecular formula is C10H10BrF2NO2. The zero-order chi connectivity index (χ0) is 12.1. The molecule has 0 atom stereocenters. The van der Waals surface area contributed by atoms with Gasteiger partial charge in [-0.1, -0.05) is 0 Å². The molecule has 0 heterocycles. The molecule has 1 aromatic rings. The molecule has 1 N–H and O–H groups in total. The largest absolute Gasteiger partial charge is 0.372 e. The van der Waals surface area contributed by atoms with Crippen LogP contribution in [-0.2, 0) is 9.53 Å². The van der Waals surface area contributed by atoms with Gasteiger partial charge >= 0.3 is 0 Å². The van der Waals surface area contributed by atoms with Crippen LogP contribution in [0.1, 0.15) is 6.92 Å². The van der Waals surface area contributed by atoms with E-state index in [1.165, 1.54) is 0 Å². The second-order valence-electron chi connectivity index (χ2n) is 2.93. The maximum Gasteiger partial charge on any atom is 0.250 e. The fourth-order valence-electron chi connectivity index (χ4n) is 1.03. The molecule has 0 aromatic heterocycles. The summed E-state index contributed by atoms with van der Waals surface area (Å²) in [6.07, 6.45) is 0. The molecule has 16 heavy (non-hydrogen) atoms. The van der Waals surface area contributed by atoms with Gasteiger partial charge in [-0.15, -0.1) is 0 Å². The number of benzene rings is 1. The van der Waals surface area contributed by atoms with Crippen molar-refractivity contribution in [3.05, 3.63) is 28.2 Å². The normalized spacial score (nSPS) is 10.2. The number of hydrogen-bond acceptors (Lipinski definition) is 2. The second-order valence-corrected chi connectivity index (χ2v) is 3.78. The molecule has 0 fully saturated rings. The molecule has 1 rings (SSSR count). The highest BCUT2D eigenvalue weighted by Gasteiger charge is 2.12. The Bertz CT molecular complexity index is 375. The number of rotatable bonds is 4. The van der Waals surface area contributed by atoms with E-state index in [0.29, 0.717) is 12.7 Å². The Hall–Kier alpha value is -1.01. The first-order chi connectivity index (χ1) is 7.54. The molecule has 0 aliphatic rings. The van der Waals surface area contributed by atoms with E-state index in [-0.39, 0.29) is 16.8 Å². The molecule has 0 radical (unpaired) electrons. The number of halogens is 3. The van der Waals surface area contributed by atoms with Crippen molar-refractivity contribution >= 4 is 27.5 Å². The van der Waals surface area contributed by atoms with E-state index in [1.807, 2.05) is 0 Å². The van der Waals surface area contributed by atoms with Crippen LogP contribution >= 0.6 is 15.9 Å². The first-order valence-electron chi connectivity index (χ1n) is 4.56. The summed E-state index contributed by atoms with van der Waals surface area (Å²) < 4.78 is 31.0. The molecule has 0 saturated carbocycles. The first-order valence-corrected chi connectivity index (χ1v) is 5.36. The van der Waals surface area contributed by atoms with Gasteiger partial charge in [0, 0.05) is 17.1 Å². The predicted octanol–water partition coefficient (Wildman–Crippen LogP) is 2.70. The average Bonchev–Trinajstić information content (AvgIpc) is 2.20. The summed E-state index contributed by atoms with van der Waals surface area (Å²) in [6, 6.07) is 1.76. The third-order valence-electron chi connectivity index (χ3n) is 1.71. The highest BCUT2D eigenvalue weighted by Crippen LogP contribution is 2.26. The summed E-state index contributed by atoms with van der Waals surface area (Å²) >= 11 is 2.96. The van der Waals surface area contributed by atoms with Gasteiger partial charge in [0.2, 0.25) is 5.91 Å². The Labute approximate surface area is 99.9 Å². The molecule has 1 aromatic carbocycles. The van der Waals surface area contributed by atoms with E-state index < -0.39 is 17.5 Å². The molecule has 0 bridgehead atoms. The molecule has 0 saturated heterocycles. The Balaban J connectivity index is 2.77. The fraction of sp³-hybridized carbons (Fsp3) is 0.300. The molecule has 88 valence electrons. The maximum atomic E-state index is 13.3. The van der Waals surface area contributed by atoms with Crippen molar-refractivity contribution in [2.45, 2.75) is 6.92 Å². The summed E-state index contributed by atoms with van der Waals surface area (Å²) in [4.78, 5) is 11.2. The molecule has 3 nitrogen and oxygen atoms in total. The maximum absolute atomic E-state index is 13.3. The molecule has 1 amide bonds. The number of nitrogens with one attached hydrogen (secondary N) is 1. The average molecular weight is 294 g/mol. The van der Waals surface area contributed by atoms with E-state index in [0.717, 1.165) is 6.07 Å². The number of anilines is 1. The minimum absolute atomic E-state index is 0.0916. The highest BCUT2D eigenvalue weighted by molar-refractivity contribution is 9.10. The van der Waals surface area contributed by atoms with Gasteiger partial charge in [0.1, 0.15) is 12.4 Å². The van der Waals surface area contributed by atoms with E-state index >= 15 is 0 Å². The SMILES string of the molecule is CCOCC(=O)Nc1c(F)cc(F)cc1Br. The quantitative estimate of drug-likeness (QED) is 0.927. The number of ether oxygens (including phenoxy) is 1. The molecule has 0 spiro atoms. The lowest BCUT2D eigenvalue weighted by Gasteiger charge is -2.08. The highest BCUT2D eigenvalue weighted by atomic mass is 79.9. The third-order valence-corrected chi connectivity index (χ3v) is 2.33. The van der Waals surface area contributed by atoms with Crippen molar-refractivity contribution in [2.75, 3.05) is 18.5 Å². The van der Waals surface area contributed by atoms with Gasteiger partial charge in [0.05, 0.1) is 5.69 Å². The predicted molar refractivity (Wildman–Crippen MR) is 59.2 cm³/mol. The van der Waals surface area contributed by atoms with Crippen LogP contribution in [0.15, 0.2) is 16.6 Å². The molecule has 0 unspecified atom stereocenters. The summed E-state index contributed by atoms with van der Waals surface area (Å²) in [5.74, 6) is -2.04. The van der Waals surface area contributed by atoms with Gasteiger partial charge in [0.25, 0.3) is 0 Å². The van der Waals surface area contributed by atoms with E-state index in [9.17, 15) is 13.6 Å². The zero-order valence-electron chi connectivity index (χ0n) is 8.52. The lowest BCUT2D eigenvalue weighted by atomic mass is 10.3. The monoisotopic (exact) mass is 293 g/mol. The summed E-state index contributed by atoms with van der Waals surface area (Å²) in [5.41, 5.74) is -0.0916. The summed E-state index contributed by atoms with van der Waals surface area (Å²) in [7, 11) is 0. The van der Waals surface area contributed by atoms with Crippen LogP contribution in [0, 0.1) is 11.6 Å². The van der Waals surface area contributed by atoms with Crippen LogP contribution in [-0.4, -0.2) is 19.1 Å². The van der Waals surface area contributed by atoms with Gasteiger partial charge in [-0.25, -0.2) is 8.78 Å². The van der Waals surface area contributed by atoms with Crippen LogP contribution in [0.4, 0.5) is 14.5 Å². The van der Waals surface area contributed by atoms with Gasteiger partial charge in [-0.05, 0) is 28.9 Å². The second kappa shape index (κ2) is 5.91. The van der Waals surface area contributed by atoms with E-state index in [1.54, 1.807) is 6.92 Å². The van der Waals surface area contributed by atoms with Crippen molar-refractivity contribution in [3.63, 3.8) is 0 Å². The lowest BCUT2D eigenvalue weighted by Crippen LogP contribution is -2.19. The Morgan fingerprint density at radius 3 is 2.75 bits per heavy atom. The number of amides is 1. The topological polar surface area (TPSA) is 38.3 Å². The molecular weight excluding hydrogens is 284 g/mol. The van der Waals surface area contributed by atoms with E-state index in [2.05, 4.69) is 21.2 Å². The fourth-order valence-corrected chi connectivity index (χ4v) is 1.54.